The average molecular weight is 592 g/mol. The third kappa shape index (κ3) is 17.8. The molecule has 1 rings (SSSR count). The summed E-state index contributed by atoms with van der Waals surface area (Å²) >= 11 is 0. The summed E-state index contributed by atoms with van der Waals surface area (Å²) in [4.78, 5) is 38.3. The number of Topliss-reactive ketones (excluding diaryl/α,β-unsaturated/α-hetero) is 2. The van der Waals surface area contributed by atoms with Crippen molar-refractivity contribution in [3.05, 3.63) is 0 Å². The minimum atomic E-state index is -1.13. The van der Waals surface area contributed by atoms with E-state index < -0.39 is 17.4 Å². The molecule has 0 aromatic heterocycles. The second-order valence-corrected chi connectivity index (χ2v) is 13.4. The van der Waals surface area contributed by atoms with E-state index in [9.17, 15) is 19.5 Å². The van der Waals surface area contributed by atoms with E-state index in [1.807, 2.05) is 0 Å². The SMILES string of the molecule is CCCCCCCCCCCCCCCC(=O)C1(C(=O)CCCCCCCCCCCCCCC)CNC(C(=O)O)C1. The molecule has 246 valence electrons. The lowest BCUT2D eigenvalue weighted by Crippen LogP contribution is -2.41. The Balaban J connectivity index is 2.22. The Hall–Kier alpha value is -1.23. The molecule has 5 heteroatoms. The number of carboxylic acids is 1. The van der Waals surface area contributed by atoms with Gasteiger partial charge in [-0.15, -0.1) is 0 Å². The summed E-state index contributed by atoms with van der Waals surface area (Å²) in [5.41, 5.74) is -1.13. The fourth-order valence-electron chi connectivity index (χ4n) is 6.63. The lowest BCUT2D eigenvalue weighted by atomic mass is 9.74. The van der Waals surface area contributed by atoms with Gasteiger partial charge in [-0.25, -0.2) is 0 Å². The van der Waals surface area contributed by atoms with Crippen LogP contribution >= 0.6 is 0 Å². The molecule has 1 aliphatic heterocycles. The highest BCUT2D eigenvalue weighted by molar-refractivity contribution is 6.08. The van der Waals surface area contributed by atoms with Crippen molar-refractivity contribution in [2.75, 3.05) is 6.54 Å². The second kappa shape index (κ2) is 26.2. The molecule has 1 aliphatic rings. The number of unbranched alkanes of at least 4 members (excludes halogenated alkanes) is 24. The molecule has 42 heavy (non-hydrogen) atoms. The maximum Gasteiger partial charge on any atom is 0.320 e. The number of carboxylic acid groups (broad SMARTS) is 1. The van der Waals surface area contributed by atoms with E-state index in [4.69, 9.17) is 0 Å². The van der Waals surface area contributed by atoms with E-state index in [0.717, 1.165) is 38.5 Å². The predicted molar refractivity (Wildman–Crippen MR) is 177 cm³/mol. The molecule has 1 fully saturated rings. The minimum Gasteiger partial charge on any atom is -0.480 e. The van der Waals surface area contributed by atoms with Crippen LogP contribution in [0.1, 0.15) is 200 Å². The predicted octanol–water partition coefficient (Wildman–Crippen LogP) is 10.5. The summed E-state index contributed by atoms with van der Waals surface area (Å²) in [7, 11) is 0. The van der Waals surface area contributed by atoms with E-state index in [1.165, 1.54) is 128 Å². The first-order valence-electron chi connectivity index (χ1n) is 18.5. The molecule has 0 radical (unpaired) electrons. The van der Waals surface area contributed by atoms with Crippen LogP contribution in [0.2, 0.25) is 0 Å². The van der Waals surface area contributed by atoms with Crippen molar-refractivity contribution < 1.29 is 19.5 Å². The molecule has 1 heterocycles. The van der Waals surface area contributed by atoms with Gasteiger partial charge in [0.25, 0.3) is 0 Å². The van der Waals surface area contributed by atoms with E-state index in [2.05, 4.69) is 19.2 Å². The first-order valence-corrected chi connectivity index (χ1v) is 18.5. The van der Waals surface area contributed by atoms with E-state index in [-0.39, 0.29) is 24.5 Å². The number of hydrogen-bond donors (Lipinski definition) is 2. The summed E-state index contributed by atoms with van der Waals surface area (Å²) in [6.45, 7) is 4.71. The minimum absolute atomic E-state index is 0.0264. The molecule has 0 aromatic rings. The van der Waals surface area contributed by atoms with Gasteiger partial charge < -0.3 is 10.4 Å². The number of ketones is 2. The van der Waals surface area contributed by atoms with Crippen LogP contribution in [0.5, 0.6) is 0 Å². The molecule has 0 amide bonds. The highest BCUT2D eigenvalue weighted by atomic mass is 16.4. The van der Waals surface area contributed by atoms with Gasteiger partial charge in [-0.05, 0) is 19.3 Å². The van der Waals surface area contributed by atoms with Crippen LogP contribution in [0.15, 0.2) is 0 Å². The van der Waals surface area contributed by atoms with Crippen molar-refractivity contribution >= 4 is 17.5 Å². The van der Waals surface area contributed by atoms with Crippen molar-refractivity contribution in [1.29, 1.82) is 0 Å². The Labute approximate surface area is 260 Å². The number of hydrogen-bond acceptors (Lipinski definition) is 4. The standard InChI is InChI=1S/C37H69NO4/c1-3-5-7-9-11-13-15-17-19-21-23-25-27-29-34(39)37(31-33(36(41)42)38-32-37)35(40)30-28-26-24-22-20-18-16-14-12-10-8-6-4-2/h33,38H,3-32H2,1-2H3,(H,41,42). The maximum absolute atomic E-state index is 13.4. The molecular weight excluding hydrogens is 522 g/mol. The topological polar surface area (TPSA) is 83.5 Å². The van der Waals surface area contributed by atoms with Gasteiger partial charge >= 0.3 is 5.97 Å². The number of nitrogens with one attached hydrogen (secondary N) is 1. The zero-order chi connectivity index (χ0) is 30.7. The zero-order valence-corrected chi connectivity index (χ0v) is 28.0. The number of carbonyl (C=O) groups excluding carboxylic acids is 2. The molecular formula is C37H69NO4. The zero-order valence-electron chi connectivity index (χ0n) is 28.0. The van der Waals surface area contributed by atoms with Gasteiger partial charge in [0, 0.05) is 19.4 Å². The first kappa shape index (κ1) is 38.8. The summed E-state index contributed by atoms with van der Waals surface area (Å²) in [6.07, 6.45) is 33.5. The van der Waals surface area contributed by atoms with Crippen molar-refractivity contribution in [1.82, 2.24) is 5.32 Å². The lowest BCUT2D eigenvalue weighted by Gasteiger charge is -2.25. The highest BCUT2D eigenvalue weighted by Gasteiger charge is 2.51. The van der Waals surface area contributed by atoms with Gasteiger partial charge in [-0.3, -0.25) is 14.4 Å². The normalized spacial score (nSPS) is 16.2. The van der Waals surface area contributed by atoms with Gasteiger partial charge in [0.2, 0.25) is 0 Å². The molecule has 0 aromatic carbocycles. The third-order valence-electron chi connectivity index (χ3n) is 9.58. The molecule has 1 saturated heterocycles. The van der Waals surface area contributed by atoms with Gasteiger partial charge in [-0.2, -0.15) is 0 Å². The molecule has 0 spiro atoms. The second-order valence-electron chi connectivity index (χ2n) is 13.4. The van der Waals surface area contributed by atoms with Crippen LogP contribution in [0.3, 0.4) is 0 Å². The van der Waals surface area contributed by atoms with Crippen molar-refractivity contribution in [2.45, 2.75) is 206 Å². The fraction of sp³-hybridized carbons (Fsp3) is 0.919. The van der Waals surface area contributed by atoms with E-state index in [1.54, 1.807) is 0 Å². The van der Waals surface area contributed by atoms with Gasteiger partial charge in [0.05, 0.1) is 0 Å². The molecule has 1 unspecified atom stereocenters. The quantitative estimate of drug-likeness (QED) is 0.0619. The molecule has 0 bridgehead atoms. The maximum atomic E-state index is 13.4. The Kier molecular flexibility index (Phi) is 24.2. The highest BCUT2D eigenvalue weighted by Crippen LogP contribution is 2.35. The molecule has 0 saturated carbocycles. The van der Waals surface area contributed by atoms with Gasteiger partial charge in [-0.1, -0.05) is 168 Å². The van der Waals surface area contributed by atoms with Crippen LogP contribution in [-0.4, -0.2) is 35.2 Å². The number of rotatable bonds is 31. The smallest absolute Gasteiger partial charge is 0.320 e. The van der Waals surface area contributed by atoms with Crippen LogP contribution in [-0.2, 0) is 14.4 Å². The first-order chi connectivity index (χ1) is 20.5. The van der Waals surface area contributed by atoms with Crippen LogP contribution < -0.4 is 5.32 Å². The summed E-state index contributed by atoms with van der Waals surface area (Å²) in [5.74, 6) is -1.01. The molecule has 5 nitrogen and oxygen atoms in total. The van der Waals surface area contributed by atoms with E-state index in [0.29, 0.717) is 12.8 Å². The van der Waals surface area contributed by atoms with Crippen LogP contribution in [0, 0.1) is 5.41 Å². The van der Waals surface area contributed by atoms with Crippen molar-refractivity contribution in [3.8, 4) is 0 Å². The largest absolute Gasteiger partial charge is 0.480 e. The Morgan fingerprint density at radius 1 is 0.524 bits per heavy atom. The van der Waals surface area contributed by atoms with Crippen molar-refractivity contribution in [2.24, 2.45) is 5.41 Å². The molecule has 0 aliphatic carbocycles. The fourth-order valence-corrected chi connectivity index (χ4v) is 6.63. The number of carbonyl (C=O) groups is 3. The Bertz CT molecular complexity index is 649. The van der Waals surface area contributed by atoms with Gasteiger partial charge in [0.15, 0.2) is 0 Å². The third-order valence-corrected chi connectivity index (χ3v) is 9.58. The number of aliphatic carboxylic acids is 1. The average Bonchev–Trinajstić information content (AvgIpc) is 3.45. The van der Waals surface area contributed by atoms with Crippen LogP contribution in [0.25, 0.3) is 0 Å². The molecule has 1 atom stereocenters. The van der Waals surface area contributed by atoms with Crippen LogP contribution in [0.4, 0.5) is 0 Å². The van der Waals surface area contributed by atoms with E-state index >= 15 is 0 Å². The Morgan fingerprint density at radius 3 is 1.07 bits per heavy atom. The van der Waals surface area contributed by atoms with Crippen molar-refractivity contribution in [3.63, 3.8) is 0 Å². The Morgan fingerprint density at radius 2 is 0.810 bits per heavy atom. The monoisotopic (exact) mass is 592 g/mol. The van der Waals surface area contributed by atoms with Gasteiger partial charge in [0.1, 0.15) is 23.0 Å². The summed E-state index contributed by atoms with van der Waals surface area (Å²) < 4.78 is 0. The molecule has 2 N–H and O–H groups in total. The summed E-state index contributed by atoms with van der Waals surface area (Å²) in [5, 5.41) is 12.5. The summed E-state index contributed by atoms with van der Waals surface area (Å²) in [6, 6.07) is -0.795. The lowest BCUT2D eigenvalue weighted by molar-refractivity contribution is -0.141.